The Morgan fingerprint density at radius 3 is 1.34 bits per heavy atom. The van der Waals surface area contributed by atoms with Crippen LogP contribution in [0, 0.1) is 64.6 Å². The van der Waals surface area contributed by atoms with Gasteiger partial charge < -0.3 is 52.5 Å². The number of hydrogen-bond acceptors (Lipinski definition) is 14. The Morgan fingerprint density at radius 1 is 0.535 bits per heavy atom. The van der Waals surface area contributed by atoms with Crippen molar-refractivity contribution in [3.05, 3.63) is 71.8 Å². The number of halogens is 3. The lowest BCUT2D eigenvalue weighted by atomic mass is 9.79. The number of hydrogen-bond donors (Lipinski definition) is 2. The number of alkyl halides is 3. The van der Waals surface area contributed by atoms with Gasteiger partial charge in [-0.15, -0.1) is 0 Å². The van der Waals surface area contributed by atoms with Crippen LogP contribution in [0.5, 0.6) is 0 Å². The monoisotopic (exact) mass is 1060 g/mol. The first-order chi connectivity index (χ1) is 33.5. The summed E-state index contributed by atoms with van der Waals surface area (Å²) in [5, 5.41) is 16.9. The van der Waals surface area contributed by atoms with Gasteiger partial charge in [-0.2, -0.15) is 0 Å². The van der Waals surface area contributed by atoms with E-state index in [1.807, 2.05) is 71.0 Å². The van der Waals surface area contributed by atoms with Crippen molar-refractivity contribution in [1.82, 2.24) is 0 Å². The highest BCUT2D eigenvalue weighted by Crippen LogP contribution is 2.40. The molecular weight excluding hydrogens is 977 g/mol. The molecule has 17 heteroatoms. The van der Waals surface area contributed by atoms with Crippen molar-refractivity contribution in [3.8, 4) is 0 Å². The van der Waals surface area contributed by atoms with E-state index >= 15 is 0 Å². The smallest absolute Gasteiger partial charge is 0.335 e. The molecule has 0 amide bonds. The van der Waals surface area contributed by atoms with Gasteiger partial charge in [0, 0.05) is 11.8 Å². The van der Waals surface area contributed by atoms with Crippen LogP contribution in [0.1, 0.15) is 94.2 Å². The summed E-state index contributed by atoms with van der Waals surface area (Å²) in [6, 6.07) is 20.4. The van der Waals surface area contributed by atoms with Crippen LogP contribution in [0.4, 0.5) is 0 Å². The van der Waals surface area contributed by atoms with Crippen LogP contribution in [0.25, 0.3) is 0 Å². The molecule has 0 aromatic heterocycles. The third kappa shape index (κ3) is 16.4. The largest absolute Gasteiger partial charge is 0.467 e. The summed E-state index contributed by atoms with van der Waals surface area (Å²) in [7, 11) is 2.69. The molecule has 0 spiro atoms. The number of nitrogens with one attached hydrogen (secondary N) is 1. The Balaban J connectivity index is 0.000000244. The van der Waals surface area contributed by atoms with Crippen LogP contribution >= 0.6 is 34.8 Å². The molecule has 0 saturated carbocycles. The van der Waals surface area contributed by atoms with Gasteiger partial charge in [-0.3, -0.25) is 5.41 Å². The average molecular weight is 1060 g/mol. The highest BCUT2D eigenvalue weighted by molar-refractivity contribution is 6.76. The Bertz CT molecular complexity index is 1910. The number of carbonyl (C=O) groups is 2. The quantitative estimate of drug-likeness (QED) is 0.0842. The molecule has 9 unspecified atom stereocenters. The highest BCUT2D eigenvalue weighted by atomic mass is 35.6. The molecule has 4 fully saturated rings. The summed E-state index contributed by atoms with van der Waals surface area (Å²) in [6.45, 7) is 26.6. The zero-order chi connectivity index (χ0) is 52.9. The van der Waals surface area contributed by atoms with Crippen molar-refractivity contribution in [2.45, 2.75) is 162 Å². The zero-order valence-electron chi connectivity index (χ0n) is 44.1. The van der Waals surface area contributed by atoms with E-state index in [2.05, 4.69) is 72.7 Å². The minimum atomic E-state index is -1.96. The molecule has 6 rings (SSSR count). The minimum absolute atomic E-state index is 0.0204. The third-order valence-corrected chi connectivity index (χ3v) is 16.3. The fraction of sp³-hybridized carbons (Fsp3) is 0.722. The van der Waals surface area contributed by atoms with E-state index in [0.717, 1.165) is 5.56 Å². The summed E-state index contributed by atoms with van der Waals surface area (Å²) in [4.78, 5) is 23.9. The third-order valence-electron chi connectivity index (χ3n) is 15.8. The SMILES string of the molecule is COC(=O)C1OC(OC(=N)C(Cl)(Cl)Cl)C(C)[C@@H](C)[C@@H]1C.COC(=O)C1O[C@H](OCC2O[C@@H](C)C(OCc3ccccc3)[C@@H](C)[C@@H]2C)C(C)[C@@H](C)[C@@H]1C.C[C@@H]1OC(CO)[C@@H](C)[C@H](C)C1OCc1ccccc1. The molecule has 0 radical (unpaired) electrons. The van der Waals surface area contributed by atoms with Gasteiger partial charge in [0.1, 0.15) is 0 Å². The molecule has 71 heavy (non-hydrogen) atoms. The van der Waals surface area contributed by atoms with Crippen molar-refractivity contribution in [2.75, 3.05) is 27.4 Å². The van der Waals surface area contributed by atoms with Gasteiger partial charge >= 0.3 is 11.9 Å². The highest BCUT2D eigenvalue weighted by Gasteiger charge is 2.47. The van der Waals surface area contributed by atoms with Gasteiger partial charge in [0.15, 0.2) is 18.5 Å². The lowest BCUT2D eigenvalue weighted by Gasteiger charge is -2.45. The molecule has 4 aliphatic rings. The van der Waals surface area contributed by atoms with E-state index in [1.54, 1.807) is 0 Å². The van der Waals surface area contributed by atoms with Gasteiger partial charge in [-0.05, 0) is 72.3 Å². The molecule has 4 heterocycles. The maximum Gasteiger partial charge on any atom is 0.335 e. The van der Waals surface area contributed by atoms with Crippen molar-refractivity contribution in [3.63, 3.8) is 0 Å². The average Bonchev–Trinajstić information content (AvgIpc) is 3.35. The number of esters is 2. The van der Waals surface area contributed by atoms with Crippen LogP contribution in [0.2, 0.25) is 0 Å². The first-order valence-corrected chi connectivity index (χ1v) is 26.2. The van der Waals surface area contributed by atoms with Gasteiger partial charge in [-0.1, -0.05) is 165 Å². The summed E-state index contributed by atoms with van der Waals surface area (Å²) in [5.41, 5.74) is 2.34. The Kier molecular flexibility index (Phi) is 24.3. The Morgan fingerprint density at radius 2 is 0.930 bits per heavy atom. The van der Waals surface area contributed by atoms with E-state index in [4.69, 9.17) is 87.6 Å². The molecule has 0 aliphatic carbocycles. The fourth-order valence-electron chi connectivity index (χ4n) is 9.85. The van der Waals surface area contributed by atoms with Gasteiger partial charge in [0.05, 0.1) is 77.3 Å². The van der Waals surface area contributed by atoms with Crippen LogP contribution in [0.3, 0.4) is 0 Å². The van der Waals surface area contributed by atoms with Gasteiger partial charge in [0.2, 0.25) is 12.2 Å². The Hall–Kier alpha value is -2.60. The first kappa shape index (κ1) is 61.0. The van der Waals surface area contributed by atoms with Gasteiger partial charge in [0.25, 0.3) is 3.79 Å². The maximum atomic E-state index is 12.2. The van der Waals surface area contributed by atoms with Crippen molar-refractivity contribution < 1.29 is 62.1 Å². The summed E-state index contributed by atoms with van der Waals surface area (Å²) < 4.78 is 55.3. The van der Waals surface area contributed by atoms with E-state index in [9.17, 15) is 14.7 Å². The zero-order valence-corrected chi connectivity index (χ0v) is 46.4. The summed E-state index contributed by atoms with van der Waals surface area (Å²) >= 11 is 16.7. The number of aliphatic hydroxyl groups is 1. The molecule has 2 aromatic carbocycles. The second kappa shape index (κ2) is 28.3. The van der Waals surface area contributed by atoms with Gasteiger partial charge in [-0.25, -0.2) is 9.59 Å². The normalized spacial score (nSPS) is 37.2. The number of benzene rings is 2. The van der Waals surface area contributed by atoms with E-state index < -0.39 is 40.4 Å². The van der Waals surface area contributed by atoms with Crippen LogP contribution in [-0.2, 0) is 70.2 Å². The topological polar surface area (TPSA) is 171 Å². The summed E-state index contributed by atoms with van der Waals surface area (Å²) in [5.74, 6) is 0.428. The number of rotatable bonds is 13. The molecular formula is C54H82Cl3NO13. The number of ether oxygens (including phenoxy) is 10. The molecule has 0 bridgehead atoms. The molecule has 2 N–H and O–H groups in total. The van der Waals surface area contributed by atoms with E-state index in [-0.39, 0.29) is 90.6 Å². The first-order valence-electron chi connectivity index (χ1n) is 25.1. The van der Waals surface area contributed by atoms with Crippen molar-refractivity contribution in [2.24, 2.45) is 59.2 Å². The maximum absolute atomic E-state index is 12.2. The predicted molar refractivity (Wildman–Crippen MR) is 274 cm³/mol. The van der Waals surface area contributed by atoms with Crippen LogP contribution in [0.15, 0.2) is 60.7 Å². The molecule has 2 aromatic rings. The van der Waals surface area contributed by atoms with Crippen molar-refractivity contribution in [1.29, 1.82) is 5.41 Å². The Labute approximate surface area is 438 Å². The molecule has 20 atom stereocenters. The molecule has 14 nitrogen and oxygen atoms in total. The van der Waals surface area contributed by atoms with Crippen LogP contribution < -0.4 is 0 Å². The number of aliphatic hydroxyl groups excluding tert-OH is 1. The molecule has 4 saturated heterocycles. The lowest BCUT2D eigenvalue weighted by molar-refractivity contribution is -0.269. The second-order valence-corrected chi connectivity index (χ2v) is 22.5. The second-order valence-electron chi connectivity index (χ2n) is 20.2. The standard InChI is InChI=1S/C26H40O6.C16H24O3.C12H18Cl3NO4/c1-15-17(3)24(25(27)28-7)32-26(19(15)5)30-14-22-16(2)18(4)23(20(6)31-22)29-13-21-11-9-8-10-12-21;1-11-12(2)16(13(3)19-15(11)9-17)18-10-14-7-5-4-6-8-14;1-5-6(2)8(9(17)18-4)19-10(7(5)3)20-11(16)12(13,14)15/h8-12,15-20,22-24,26H,13-14H2,1-7H3;4-8,11-13,15-17H,9-10H2,1-3H3;5-8,10,16H,1-4H3/t15-,16-,17-,18-,19?,20-,22?,23?,24?,26-;11-,12-,13-,15?,16?;5-,6-,7?,8?,10?/m000/s1. The molecule has 4 aliphatic heterocycles. The lowest BCUT2D eigenvalue weighted by Crippen LogP contribution is -2.53. The van der Waals surface area contributed by atoms with Crippen LogP contribution in [-0.4, -0.2) is 116 Å². The van der Waals surface area contributed by atoms with E-state index in [0.29, 0.717) is 37.6 Å². The summed E-state index contributed by atoms with van der Waals surface area (Å²) in [6.07, 6.45) is -2.70. The van der Waals surface area contributed by atoms with Crippen molar-refractivity contribution >= 4 is 52.6 Å². The fourth-order valence-corrected chi connectivity index (χ4v) is 9.99. The predicted octanol–water partition coefficient (Wildman–Crippen LogP) is 10.2. The number of carbonyl (C=O) groups excluding carboxylic acids is 2. The molecule has 402 valence electrons. The number of methoxy groups -OCH3 is 2. The van der Waals surface area contributed by atoms with E-state index in [1.165, 1.54) is 19.8 Å². The minimum Gasteiger partial charge on any atom is -0.467 e.